The van der Waals surface area contributed by atoms with E-state index in [1.165, 1.54) is 32.3 Å². The lowest BCUT2D eigenvalue weighted by Crippen LogP contribution is -2.42. The Balaban J connectivity index is 1.61. The number of hydrogen-bond acceptors (Lipinski definition) is 6. The van der Waals surface area contributed by atoms with Gasteiger partial charge in [-0.1, -0.05) is 11.6 Å². The molecule has 1 aliphatic rings. The number of aromatic nitrogens is 4. The Labute approximate surface area is 188 Å². The molecule has 2 heterocycles. The van der Waals surface area contributed by atoms with Crippen molar-refractivity contribution in [3.05, 3.63) is 34.9 Å². The topological polar surface area (TPSA) is 105 Å². The number of rotatable bonds is 8. The number of alkyl halides is 3. The zero-order valence-electron chi connectivity index (χ0n) is 17.7. The molecule has 1 amide bonds. The van der Waals surface area contributed by atoms with E-state index in [4.69, 9.17) is 11.6 Å². The lowest BCUT2D eigenvalue weighted by Gasteiger charge is -2.29. The molecule has 0 aromatic carbocycles. The van der Waals surface area contributed by atoms with Gasteiger partial charge in [-0.2, -0.15) is 19.0 Å². The standard InChI is InChI=1S/C20H26ClF3N6O2/c1-20(2,32)16(22)10-26-18(31)13-8-25-17(21)7-14(13)28-12-5-3-11(4-6-12)15-9-27-30(29-15)19(23)24/h7-9,11-12,16,19,32H,3-6,10H2,1-2H3,(H,25,28)(H,26,31). The van der Waals surface area contributed by atoms with Crippen molar-refractivity contribution in [3.8, 4) is 0 Å². The SMILES string of the molecule is CC(C)(O)C(F)CNC(=O)c1cnc(Cl)cc1NC1CCC(c2cnn(C(F)F)n2)CC1. The van der Waals surface area contributed by atoms with Gasteiger partial charge in [0.1, 0.15) is 11.3 Å². The first-order chi connectivity index (χ1) is 15.0. The van der Waals surface area contributed by atoms with E-state index in [-0.39, 0.29) is 29.2 Å². The highest BCUT2D eigenvalue weighted by molar-refractivity contribution is 6.29. The fraction of sp³-hybridized carbons (Fsp3) is 0.600. The van der Waals surface area contributed by atoms with Gasteiger partial charge in [0.2, 0.25) is 0 Å². The fourth-order valence-corrected chi connectivity index (χ4v) is 3.74. The largest absolute Gasteiger partial charge is 0.387 e. The van der Waals surface area contributed by atoms with Crippen LogP contribution in [0.4, 0.5) is 18.9 Å². The van der Waals surface area contributed by atoms with E-state index < -0.39 is 24.2 Å². The van der Waals surface area contributed by atoms with Crippen LogP contribution in [0.15, 0.2) is 18.5 Å². The van der Waals surface area contributed by atoms with Crippen LogP contribution in [0.2, 0.25) is 5.15 Å². The monoisotopic (exact) mass is 474 g/mol. The predicted molar refractivity (Wildman–Crippen MR) is 113 cm³/mol. The molecule has 0 saturated heterocycles. The van der Waals surface area contributed by atoms with Crippen LogP contribution in [0.25, 0.3) is 0 Å². The van der Waals surface area contributed by atoms with Crippen LogP contribution in [-0.2, 0) is 0 Å². The zero-order chi connectivity index (χ0) is 23.5. The minimum absolute atomic E-state index is 0.0201. The minimum Gasteiger partial charge on any atom is -0.387 e. The van der Waals surface area contributed by atoms with Gasteiger partial charge in [-0.25, -0.2) is 9.37 Å². The summed E-state index contributed by atoms with van der Waals surface area (Å²) in [6, 6.07) is 1.55. The highest BCUT2D eigenvalue weighted by Gasteiger charge is 2.28. The van der Waals surface area contributed by atoms with Crippen molar-refractivity contribution >= 4 is 23.2 Å². The van der Waals surface area contributed by atoms with Crippen LogP contribution < -0.4 is 10.6 Å². The highest BCUT2D eigenvalue weighted by Crippen LogP contribution is 2.34. The van der Waals surface area contributed by atoms with Gasteiger partial charge in [-0.05, 0) is 45.6 Å². The second kappa shape index (κ2) is 10.0. The third-order valence-corrected chi connectivity index (χ3v) is 5.74. The van der Waals surface area contributed by atoms with Gasteiger partial charge in [0.25, 0.3) is 5.91 Å². The van der Waals surface area contributed by atoms with Crippen molar-refractivity contribution in [2.45, 2.75) is 69.8 Å². The van der Waals surface area contributed by atoms with Crippen LogP contribution in [-0.4, -0.2) is 55.4 Å². The van der Waals surface area contributed by atoms with Crippen molar-refractivity contribution < 1.29 is 23.1 Å². The molecular formula is C20H26ClF3N6O2. The average Bonchev–Trinajstić information content (AvgIpc) is 3.22. The lowest BCUT2D eigenvalue weighted by atomic mass is 9.84. The van der Waals surface area contributed by atoms with Gasteiger partial charge in [0.15, 0.2) is 0 Å². The Hall–Kier alpha value is -2.40. The molecular weight excluding hydrogens is 449 g/mol. The molecule has 1 unspecified atom stereocenters. The molecule has 1 fully saturated rings. The van der Waals surface area contributed by atoms with Gasteiger partial charge in [-0.3, -0.25) is 4.79 Å². The molecule has 2 aromatic rings. The molecule has 2 aromatic heterocycles. The first-order valence-corrected chi connectivity index (χ1v) is 10.7. The molecule has 8 nitrogen and oxygen atoms in total. The minimum atomic E-state index is -2.76. The number of nitrogens with zero attached hydrogens (tertiary/aromatic N) is 4. The van der Waals surface area contributed by atoms with Crippen LogP contribution in [0.1, 0.15) is 68.0 Å². The fourth-order valence-electron chi connectivity index (χ4n) is 3.58. The number of hydrogen-bond donors (Lipinski definition) is 3. The van der Waals surface area contributed by atoms with Crippen LogP contribution >= 0.6 is 11.6 Å². The second-order valence-corrected chi connectivity index (χ2v) is 8.83. The predicted octanol–water partition coefficient (Wildman–Crippen LogP) is 3.70. The average molecular weight is 475 g/mol. The maximum atomic E-state index is 14.0. The van der Waals surface area contributed by atoms with E-state index in [0.717, 1.165) is 25.7 Å². The number of carbonyl (C=O) groups is 1. The summed E-state index contributed by atoms with van der Waals surface area (Å²) in [5.41, 5.74) is -0.359. The summed E-state index contributed by atoms with van der Waals surface area (Å²) in [6.45, 7) is -0.468. The van der Waals surface area contributed by atoms with E-state index in [9.17, 15) is 23.1 Å². The number of nitrogens with one attached hydrogen (secondary N) is 2. The van der Waals surface area contributed by atoms with Crippen molar-refractivity contribution in [2.24, 2.45) is 0 Å². The summed E-state index contributed by atoms with van der Waals surface area (Å²) in [5, 5.41) is 23.1. The third-order valence-electron chi connectivity index (χ3n) is 5.53. The summed E-state index contributed by atoms with van der Waals surface area (Å²) in [4.78, 5) is 16.9. The summed E-state index contributed by atoms with van der Waals surface area (Å²) in [5.74, 6) is -0.506. The maximum absolute atomic E-state index is 14.0. The molecule has 176 valence electrons. The van der Waals surface area contributed by atoms with Gasteiger partial charge in [0.05, 0.1) is 35.3 Å². The Bertz CT molecular complexity index is 928. The number of pyridine rings is 1. The molecule has 1 aliphatic carbocycles. The van der Waals surface area contributed by atoms with Crippen LogP contribution in [0, 0.1) is 0 Å². The maximum Gasteiger partial charge on any atom is 0.348 e. The molecule has 0 spiro atoms. The van der Waals surface area contributed by atoms with E-state index in [2.05, 4.69) is 25.8 Å². The molecule has 0 radical (unpaired) electrons. The summed E-state index contributed by atoms with van der Waals surface area (Å²) < 4.78 is 39.4. The number of aliphatic hydroxyl groups is 1. The summed E-state index contributed by atoms with van der Waals surface area (Å²) in [7, 11) is 0. The second-order valence-electron chi connectivity index (χ2n) is 8.44. The van der Waals surface area contributed by atoms with E-state index in [0.29, 0.717) is 16.2 Å². The quantitative estimate of drug-likeness (QED) is 0.504. The van der Waals surface area contributed by atoms with Crippen LogP contribution in [0.5, 0.6) is 0 Å². The molecule has 1 atom stereocenters. The van der Waals surface area contributed by atoms with Gasteiger partial charge in [0, 0.05) is 18.2 Å². The molecule has 0 aliphatic heterocycles. The Morgan fingerprint density at radius 1 is 1.28 bits per heavy atom. The summed E-state index contributed by atoms with van der Waals surface area (Å²) >= 11 is 6.00. The summed E-state index contributed by atoms with van der Waals surface area (Å²) in [6.07, 6.45) is 3.93. The van der Waals surface area contributed by atoms with E-state index in [1.807, 2.05) is 0 Å². The molecule has 3 rings (SSSR count). The first kappa shape index (κ1) is 24.2. The molecule has 32 heavy (non-hydrogen) atoms. The van der Waals surface area contributed by atoms with Gasteiger partial charge >= 0.3 is 6.55 Å². The van der Waals surface area contributed by atoms with Crippen molar-refractivity contribution in [2.75, 3.05) is 11.9 Å². The third kappa shape index (κ3) is 6.10. The van der Waals surface area contributed by atoms with Crippen LogP contribution in [0.3, 0.4) is 0 Å². The van der Waals surface area contributed by atoms with E-state index in [1.54, 1.807) is 0 Å². The first-order valence-electron chi connectivity index (χ1n) is 10.3. The zero-order valence-corrected chi connectivity index (χ0v) is 18.5. The lowest BCUT2D eigenvalue weighted by molar-refractivity contribution is -0.00178. The van der Waals surface area contributed by atoms with Gasteiger partial charge in [-0.15, -0.1) is 4.80 Å². The van der Waals surface area contributed by atoms with Crippen molar-refractivity contribution in [1.82, 2.24) is 25.3 Å². The Morgan fingerprint density at radius 3 is 2.56 bits per heavy atom. The van der Waals surface area contributed by atoms with Gasteiger partial charge < -0.3 is 15.7 Å². The molecule has 12 heteroatoms. The van der Waals surface area contributed by atoms with Crippen molar-refractivity contribution in [1.29, 1.82) is 0 Å². The Morgan fingerprint density at radius 2 is 1.97 bits per heavy atom. The molecule has 0 bridgehead atoms. The van der Waals surface area contributed by atoms with Crippen molar-refractivity contribution in [3.63, 3.8) is 0 Å². The molecule has 3 N–H and O–H groups in total. The number of amides is 1. The van der Waals surface area contributed by atoms with E-state index >= 15 is 0 Å². The number of carbonyl (C=O) groups excluding carboxylic acids is 1. The normalized spacial score (nSPS) is 20.2. The molecule has 1 saturated carbocycles. The Kier molecular flexibility index (Phi) is 7.60. The highest BCUT2D eigenvalue weighted by atomic mass is 35.5. The number of halogens is 4. The number of anilines is 1. The smallest absolute Gasteiger partial charge is 0.348 e.